The Labute approximate surface area is 57.0 Å². The minimum Gasteiger partial charge on any atom is -0.328 e. The first-order valence-corrected chi connectivity index (χ1v) is 3.60. The van der Waals surface area contributed by atoms with Gasteiger partial charge in [-0.2, -0.15) is 0 Å². The van der Waals surface area contributed by atoms with Gasteiger partial charge in [0.2, 0.25) is 0 Å². The molecular formula is C7H15N2. The summed E-state index contributed by atoms with van der Waals surface area (Å²) in [6.07, 6.45) is 2.30. The zero-order valence-electron chi connectivity index (χ0n) is 5.84. The summed E-state index contributed by atoms with van der Waals surface area (Å²) >= 11 is 0. The zero-order valence-corrected chi connectivity index (χ0v) is 5.84. The van der Waals surface area contributed by atoms with E-state index >= 15 is 0 Å². The Bertz CT molecular complexity index is 75.0. The molecule has 1 aliphatic heterocycles. The number of likely N-dealkylation sites (tertiary alicyclic amines) is 1. The molecule has 2 heteroatoms. The van der Waals surface area contributed by atoms with Crippen LogP contribution in [-0.2, 0) is 0 Å². The lowest BCUT2D eigenvalue weighted by atomic mass is 10.1. The second-order valence-corrected chi connectivity index (χ2v) is 2.68. The molecule has 0 aromatic carbocycles. The van der Waals surface area contributed by atoms with Gasteiger partial charge in [0.25, 0.3) is 0 Å². The predicted octanol–water partition coefficient (Wildman–Crippen LogP) is 0.244. The van der Waals surface area contributed by atoms with E-state index in [-0.39, 0.29) is 0 Å². The molecule has 1 aliphatic rings. The van der Waals surface area contributed by atoms with Crippen molar-refractivity contribution in [2.45, 2.75) is 18.9 Å². The van der Waals surface area contributed by atoms with E-state index in [0.717, 1.165) is 32.5 Å². The highest BCUT2D eigenvalue weighted by molar-refractivity contribution is 4.73. The summed E-state index contributed by atoms with van der Waals surface area (Å²) in [6.45, 7) is 7.04. The molecule has 9 heavy (non-hydrogen) atoms. The van der Waals surface area contributed by atoms with Crippen LogP contribution in [0.15, 0.2) is 0 Å². The highest BCUT2D eigenvalue weighted by Crippen LogP contribution is 2.06. The van der Waals surface area contributed by atoms with Gasteiger partial charge in [0.05, 0.1) is 0 Å². The third kappa shape index (κ3) is 1.95. The highest BCUT2D eigenvalue weighted by atomic mass is 15.1. The fraction of sp³-hybridized carbons (Fsp3) is 0.857. The van der Waals surface area contributed by atoms with E-state index in [1.807, 2.05) is 0 Å². The summed E-state index contributed by atoms with van der Waals surface area (Å²) in [7, 11) is 0. The van der Waals surface area contributed by atoms with Crippen LogP contribution in [0.5, 0.6) is 0 Å². The molecule has 0 atom stereocenters. The molecule has 53 valence electrons. The average molecular weight is 127 g/mol. The van der Waals surface area contributed by atoms with Gasteiger partial charge >= 0.3 is 0 Å². The molecular weight excluding hydrogens is 112 g/mol. The van der Waals surface area contributed by atoms with Gasteiger partial charge < -0.3 is 10.6 Å². The van der Waals surface area contributed by atoms with Crippen LogP contribution in [0.4, 0.5) is 0 Å². The second-order valence-electron chi connectivity index (χ2n) is 2.68. The van der Waals surface area contributed by atoms with Crippen molar-refractivity contribution < 1.29 is 0 Å². The van der Waals surface area contributed by atoms with Crippen molar-refractivity contribution in [1.29, 1.82) is 0 Å². The maximum absolute atomic E-state index is 5.70. The van der Waals surface area contributed by atoms with E-state index in [2.05, 4.69) is 11.8 Å². The Morgan fingerprint density at radius 1 is 1.44 bits per heavy atom. The fourth-order valence-electron chi connectivity index (χ4n) is 1.18. The second kappa shape index (κ2) is 3.18. The largest absolute Gasteiger partial charge is 0.328 e. The Morgan fingerprint density at radius 2 is 2.00 bits per heavy atom. The molecule has 0 aromatic rings. The Kier molecular flexibility index (Phi) is 2.49. The molecule has 1 radical (unpaired) electrons. The van der Waals surface area contributed by atoms with Crippen molar-refractivity contribution in [3.63, 3.8) is 0 Å². The predicted molar refractivity (Wildman–Crippen MR) is 39.0 cm³/mol. The number of hydrogen-bond acceptors (Lipinski definition) is 2. The normalized spacial score (nSPS) is 24.7. The van der Waals surface area contributed by atoms with Crippen molar-refractivity contribution in [3.05, 3.63) is 6.92 Å². The van der Waals surface area contributed by atoms with E-state index in [4.69, 9.17) is 5.73 Å². The molecule has 0 aromatic heterocycles. The molecule has 1 fully saturated rings. The summed E-state index contributed by atoms with van der Waals surface area (Å²) in [4.78, 5) is 2.34. The van der Waals surface area contributed by atoms with Crippen molar-refractivity contribution in [2.24, 2.45) is 5.73 Å². The van der Waals surface area contributed by atoms with Crippen molar-refractivity contribution >= 4 is 0 Å². The van der Waals surface area contributed by atoms with Crippen LogP contribution in [0.25, 0.3) is 0 Å². The lowest BCUT2D eigenvalue weighted by molar-refractivity contribution is 0.232. The zero-order chi connectivity index (χ0) is 6.69. The standard InChI is InChI=1S/C7H15N2/c1-2-9-5-3-7(8)4-6-9/h7H,1-6,8H2. The number of hydrogen-bond donors (Lipinski definition) is 1. The van der Waals surface area contributed by atoms with Gasteiger partial charge in [0, 0.05) is 6.04 Å². The van der Waals surface area contributed by atoms with Gasteiger partial charge in [-0.3, -0.25) is 0 Å². The highest BCUT2D eigenvalue weighted by Gasteiger charge is 2.13. The minimum absolute atomic E-state index is 0.452. The van der Waals surface area contributed by atoms with Crippen LogP contribution in [0.1, 0.15) is 12.8 Å². The molecule has 1 heterocycles. The maximum Gasteiger partial charge on any atom is 0.00631 e. The van der Waals surface area contributed by atoms with E-state index in [1.165, 1.54) is 0 Å². The lowest BCUT2D eigenvalue weighted by Gasteiger charge is -2.28. The summed E-state index contributed by atoms with van der Waals surface area (Å²) < 4.78 is 0. The molecule has 2 N–H and O–H groups in total. The summed E-state index contributed by atoms with van der Waals surface area (Å²) in [5.74, 6) is 0. The third-order valence-corrected chi connectivity index (χ3v) is 1.95. The van der Waals surface area contributed by atoms with Gasteiger partial charge in [0.1, 0.15) is 0 Å². The molecule has 0 bridgehead atoms. The van der Waals surface area contributed by atoms with Crippen LogP contribution in [-0.4, -0.2) is 30.6 Å². The van der Waals surface area contributed by atoms with Gasteiger partial charge in [0.15, 0.2) is 0 Å². The number of rotatable bonds is 1. The van der Waals surface area contributed by atoms with Crippen LogP contribution < -0.4 is 5.73 Å². The summed E-state index contributed by atoms with van der Waals surface area (Å²) in [5, 5.41) is 0. The Hall–Kier alpha value is -0.0800. The van der Waals surface area contributed by atoms with Gasteiger partial charge in [-0.1, -0.05) is 0 Å². The maximum atomic E-state index is 5.70. The molecule has 0 unspecified atom stereocenters. The lowest BCUT2D eigenvalue weighted by Crippen LogP contribution is -2.39. The quantitative estimate of drug-likeness (QED) is 0.547. The van der Waals surface area contributed by atoms with Crippen molar-refractivity contribution in [3.8, 4) is 0 Å². The molecule has 0 spiro atoms. The van der Waals surface area contributed by atoms with Crippen LogP contribution in [0.2, 0.25) is 0 Å². The van der Waals surface area contributed by atoms with E-state index in [0.29, 0.717) is 6.04 Å². The third-order valence-electron chi connectivity index (χ3n) is 1.95. The molecule has 0 saturated carbocycles. The number of nitrogens with zero attached hydrogens (tertiary/aromatic N) is 1. The van der Waals surface area contributed by atoms with Crippen LogP contribution >= 0.6 is 0 Å². The first-order chi connectivity index (χ1) is 4.33. The van der Waals surface area contributed by atoms with E-state index < -0.39 is 0 Å². The number of nitrogens with two attached hydrogens (primary N) is 1. The molecule has 1 saturated heterocycles. The average Bonchev–Trinajstić information content (AvgIpc) is 1.90. The SMILES string of the molecule is [CH2]CN1CCC(N)CC1. The van der Waals surface area contributed by atoms with E-state index in [9.17, 15) is 0 Å². The van der Waals surface area contributed by atoms with Crippen LogP contribution in [0.3, 0.4) is 0 Å². The van der Waals surface area contributed by atoms with Gasteiger partial charge in [-0.05, 0) is 39.4 Å². The van der Waals surface area contributed by atoms with E-state index in [1.54, 1.807) is 0 Å². The van der Waals surface area contributed by atoms with Crippen LogP contribution in [0, 0.1) is 6.92 Å². The number of piperidine rings is 1. The molecule has 0 aliphatic carbocycles. The first kappa shape index (κ1) is 7.03. The Balaban J connectivity index is 2.18. The van der Waals surface area contributed by atoms with Gasteiger partial charge in [-0.15, -0.1) is 0 Å². The smallest absolute Gasteiger partial charge is 0.00631 e. The Morgan fingerprint density at radius 3 is 2.44 bits per heavy atom. The fourth-order valence-corrected chi connectivity index (χ4v) is 1.18. The first-order valence-electron chi connectivity index (χ1n) is 3.60. The topological polar surface area (TPSA) is 29.3 Å². The van der Waals surface area contributed by atoms with Crippen molar-refractivity contribution in [1.82, 2.24) is 4.90 Å². The summed E-state index contributed by atoms with van der Waals surface area (Å²) in [6, 6.07) is 0.452. The monoisotopic (exact) mass is 127 g/mol. The molecule has 2 nitrogen and oxygen atoms in total. The van der Waals surface area contributed by atoms with Gasteiger partial charge in [-0.25, -0.2) is 0 Å². The van der Waals surface area contributed by atoms with Crippen molar-refractivity contribution in [2.75, 3.05) is 19.6 Å². The minimum atomic E-state index is 0.452. The molecule has 0 amide bonds. The summed E-state index contributed by atoms with van der Waals surface area (Å²) in [5.41, 5.74) is 5.70. The molecule has 1 rings (SSSR count).